The lowest BCUT2D eigenvalue weighted by Crippen LogP contribution is -2.25. The van der Waals surface area contributed by atoms with Gasteiger partial charge in [0.1, 0.15) is 0 Å². The summed E-state index contributed by atoms with van der Waals surface area (Å²) in [5.41, 5.74) is 4.05. The molecule has 0 fully saturated rings. The van der Waals surface area contributed by atoms with Crippen LogP contribution < -0.4 is 4.83 Å². The Hall–Kier alpha value is -3.09. The third-order valence-electron chi connectivity index (χ3n) is 4.42. The Morgan fingerprint density at radius 3 is 2.28 bits per heavy atom. The molecule has 0 amide bonds. The van der Waals surface area contributed by atoms with Crippen LogP contribution in [0.2, 0.25) is 5.02 Å². The number of benzene rings is 3. The highest BCUT2D eigenvalue weighted by Gasteiger charge is 2.19. The minimum Gasteiger partial charge on any atom is -0.200 e. The second kappa shape index (κ2) is 7.73. The second-order valence-electron chi connectivity index (χ2n) is 6.61. The lowest BCUT2D eigenvalue weighted by atomic mass is 10.1. The number of rotatable bonds is 5. The third-order valence-corrected chi connectivity index (χ3v) is 5.98. The summed E-state index contributed by atoms with van der Waals surface area (Å²) in [6.07, 6.45) is 0. The van der Waals surface area contributed by atoms with Crippen LogP contribution in [0.5, 0.6) is 0 Å². The van der Waals surface area contributed by atoms with Crippen LogP contribution in [0.4, 0.5) is 0 Å². The molecule has 0 atom stereocenters. The van der Waals surface area contributed by atoms with E-state index in [1.807, 2.05) is 49.4 Å². The van der Waals surface area contributed by atoms with Gasteiger partial charge in [0, 0.05) is 16.1 Å². The maximum absolute atomic E-state index is 12.8. The van der Waals surface area contributed by atoms with E-state index in [1.54, 1.807) is 30.3 Å². The van der Waals surface area contributed by atoms with Crippen LogP contribution in [0.1, 0.15) is 5.56 Å². The normalized spacial score (nSPS) is 11.4. The number of aryl methyl sites for hydroxylation is 1. The molecule has 0 spiro atoms. The van der Waals surface area contributed by atoms with Gasteiger partial charge in [0.25, 0.3) is 10.0 Å². The van der Waals surface area contributed by atoms with Gasteiger partial charge in [-0.25, -0.2) is 0 Å². The number of halogens is 1. The van der Waals surface area contributed by atoms with Crippen molar-refractivity contribution >= 4 is 21.6 Å². The Morgan fingerprint density at radius 1 is 0.862 bits per heavy atom. The summed E-state index contributed by atoms with van der Waals surface area (Å²) in [5.74, 6) is 0. The summed E-state index contributed by atoms with van der Waals surface area (Å²) in [6.45, 7) is 2.00. The molecule has 3 aromatic carbocycles. The Balaban J connectivity index is 1.82. The van der Waals surface area contributed by atoms with Gasteiger partial charge in [-0.15, -0.1) is 0 Å². The molecule has 4 rings (SSSR count). The Bertz CT molecular complexity index is 1250. The van der Waals surface area contributed by atoms with Crippen molar-refractivity contribution in [2.75, 3.05) is 4.83 Å². The summed E-state index contributed by atoms with van der Waals surface area (Å²) in [7, 11) is -3.80. The fourth-order valence-corrected chi connectivity index (χ4v) is 4.10. The van der Waals surface area contributed by atoms with Crippen LogP contribution >= 0.6 is 11.6 Å². The number of sulfonamides is 1. The second-order valence-corrected chi connectivity index (χ2v) is 8.71. The zero-order valence-corrected chi connectivity index (χ0v) is 17.2. The lowest BCUT2D eigenvalue weighted by Gasteiger charge is -2.11. The maximum Gasteiger partial charge on any atom is 0.276 e. The van der Waals surface area contributed by atoms with Crippen LogP contribution in [0, 0.1) is 6.92 Å². The van der Waals surface area contributed by atoms with Gasteiger partial charge in [-0.1, -0.05) is 65.7 Å². The molecule has 0 saturated heterocycles. The maximum atomic E-state index is 12.8. The molecule has 0 aliphatic carbocycles. The minimum atomic E-state index is -3.80. The van der Waals surface area contributed by atoms with E-state index in [-0.39, 0.29) is 4.90 Å². The SMILES string of the molecule is Cc1cccc(-c2cc(-c3ccc(Cl)cc3)n(NS(=O)(=O)c3ccccc3)n2)c1. The van der Waals surface area contributed by atoms with Crippen LogP contribution in [-0.2, 0) is 10.0 Å². The van der Waals surface area contributed by atoms with Gasteiger partial charge < -0.3 is 0 Å². The summed E-state index contributed by atoms with van der Waals surface area (Å²) >= 11 is 6.01. The molecule has 0 radical (unpaired) electrons. The van der Waals surface area contributed by atoms with E-state index < -0.39 is 10.0 Å². The predicted octanol–water partition coefficient (Wildman–Crippen LogP) is 5.11. The van der Waals surface area contributed by atoms with Crippen molar-refractivity contribution in [3.63, 3.8) is 0 Å². The molecule has 0 bridgehead atoms. The largest absolute Gasteiger partial charge is 0.276 e. The molecule has 5 nitrogen and oxygen atoms in total. The van der Waals surface area contributed by atoms with Gasteiger partial charge in [-0.05, 0) is 43.3 Å². The summed E-state index contributed by atoms with van der Waals surface area (Å²) in [5, 5.41) is 5.13. The average Bonchev–Trinajstić information content (AvgIpc) is 3.12. The van der Waals surface area contributed by atoms with Crippen LogP contribution in [0.3, 0.4) is 0 Å². The fraction of sp³-hybridized carbons (Fsp3) is 0.0455. The van der Waals surface area contributed by atoms with E-state index in [4.69, 9.17) is 11.6 Å². The number of aromatic nitrogens is 2. The molecule has 0 saturated carbocycles. The fourth-order valence-electron chi connectivity index (χ4n) is 2.99. The summed E-state index contributed by atoms with van der Waals surface area (Å²) < 4.78 is 25.7. The lowest BCUT2D eigenvalue weighted by molar-refractivity contribution is 0.592. The highest BCUT2D eigenvalue weighted by molar-refractivity contribution is 7.92. The number of hydrogen-bond acceptors (Lipinski definition) is 3. The highest BCUT2D eigenvalue weighted by Crippen LogP contribution is 2.27. The zero-order chi connectivity index (χ0) is 20.4. The topological polar surface area (TPSA) is 64.0 Å². The van der Waals surface area contributed by atoms with Crippen LogP contribution in [-0.4, -0.2) is 18.3 Å². The first kappa shape index (κ1) is 19.2. The van der Waals surface area contributed by atoms with E-state index in [2.05, 4.69) is 9.93 Å². The third kappa shape index (κ3) is 4.18. The van der Waals surface area contributed by atoms with E-state index >= 15 is 0 Å². The van der Waals surface area contributed by atoms with Gasteiger partial charge in [0.2, 0.25) is 0 Å². The number of hydrogen-bond donors (Lipinski definition) is 1. The molecule has 7 heteroatoms. The first-order valence-electron chi connectivity index (χ1n) is 8.93. The first-order chi connectivity index (χ1) is 13.9. The molecule has 29 heavy (non-hydrogen) atoms. The zero-order valence-electron chi connectivity index (χ0n) is 15.6. The van der Waals surface area contributed by atoms with E-state index in [1.165, 1.54) is 16.9 Å². The predicted molar refractivity (Wildman–Crippen MR) is 116 cm³/mol. The molecule has 4 aromatic rings. The molecule has 146 valence electrons. The molecular weight excluding hydrogens is 406 g/mol. The van der Waals surface area contributed by atoms with Gasteiger partial charge in [0.05, 0.1) is 16.3 Å². The molecule has 0 unspecified atom stereocenters. The van der Waals surface area contributed by atoms with Crippen molar-refractivity contribution < 1.29 is 8.42 Å². The van der Waals surface area contributed by atoms with Crippen molar-refractivity contribution in [3.8, 4) is 22.5 Å². The first-order valence-corrected chi connectivity index (χ1v) is 10.8. The quantitative estimate of drug-likeness (QED) is 0.485. The molecule has 0 aliphatic heterocycles. The van der Waals surface area contributed by atoms with Crippen molar-refractivity contribution in [1.82, 2.24) is 9.89 Å². The number of nitrogens with zero attached hydrogens (tertiary/aromatic N) is 2. The van der Waals surface area contributed by atoms with Crippen LogP contribution in [0.25, 0.3) is 22.5 Å². The highest BCUT2D eigenvalue weighted by atomic mass is 35.5. The van der Waals surface area contributed by atoms with Crippen molar-refractivity contribution in [2.45, 2.75) is 11.8 Å². The summed E-state index contributed by atoms with van der Waals surface area (Å²) in [4.78, 5) is 4.02. The molecule has 1 aromatic heterocycles. The van der Waals surface area contributed by atoms with Crippen LogP contribution in [0.15, 0.2) is 89.8 Å². The minimum absolute atomic E-state index is 0.162. The van der Waals surface area contributed by atoms with Gasteiger partial charge in [-0.3, -0.25) is 0 Å². The number of nitrogens with one attached hydrogen (secondary N) is 1. The van der Waals surface area contributed by atoms with Crippen molar-refractivity contribution in [1.29, 1.82) is 0 Å². The molecule has 1 N–H and O–H groups in total. The standard InChI is InChI=1S/C22H18ClN3O2S/c1-16-6-5-7-18(14-16)21-15-22(17-10-12-19(23)13-11-17)26(24-21)25-29(27,28)20-8-3-2-4-9-20/h2-15,25H,1H3. The molecule has 1 heterocycles. The van der Waals surface area contributed by atoms with Gasteiger partial charge in [0.15, 0.2) is 0 Å². The average molecular weight is 424 g/mol. The Labute approximate surface area is 174 Å². The Morgan fingerprint density at radius 2 is 1.59 bits per heavy atom. The smallest absolute Gasteiger partial charge is 0.200 e. The summed E-state index contributed by atoms with van der Waals surface area (Å²) in [6, 6.07) is 25.1. The van der Waals surface area contributed by atoms with Gasteiger partial charge in [-0.2, -0.15) is 23.1 Å². The van der Waals surface area contributed by atoms with Gasteiger partial charge >= 0.3 is 0 Å². The van der Waals surface area contributed by atoms with E-state index in [0.29, 0.717) is 16.4 Å². The molecular formula is C22H18ClN3O2S. The van der Waals surface area contributed by atoms with E-state index in [0.717, 1.165) is 16.7 Å². The van der Waals surface area contributed by atoms with Crippen molar-refractivity contribution in [2.24, 2.45) is 0 Å². The van der Waals surface area contributed by atoms with Crippen molar-refractivity contribution in [3.05, 3.63) is 95.5 Å². The Kier molecular flexibility index (Phi) is 5.13. The molecule has 0 aliphatic rings. The van der Waals surface area contributed by atoms with E-state index in [9.17, 15) is 8.42 Å². The monoisotopic (exact) mass is 423 g/mol.